The van der Waals surface area contributed by atoms with E-state index in [1.54, 1.807) is 13.3 Å². The van der Waals surface area contributed by atoms with Crippen molar-refractivity contribution < 1.29 is 9.53 Å². The molecule has 0 bridgehead atoms. The Bertz CT molecular complexity index is 655. The van der Waals surface area contributed by atoms with E-state index in [-0.39, 0.29) is 5.78 Å². The Hall–Kier alpha value is -2.36. The van der Waals surface area contributed by atoms with E-state index in [4.69, 9.17) is 4.74 Å². The van der Waals surface area contributed by atoms with Gasteiger partial charge in [-0.3, -0.25) is 4.79 Å². The van der Waals surface area contributed by atoms with Gasteiger partial charge in [0.1, 0.15) is 0 Å². The molecular formula is C17H18N2O2. The molecule has 4 nitrogen and oxygen atoms in total. The minimum atomic E-state index is 0.228. The summed E-state index contributed by atoms with van der Waals surface area (Å²) < 4.78 is 5.32. The third kappa shape index (κ3) is 2.75. The summed E-state index contributed by atoms with van der Waals surface area (Å²) in [5.74, 6) is 0.872. The number of hydrogen-bond donors (Lipinski definition) is 0. The van der Waals surface area contributed by atoms with Gasteiger partial charge in [-0.05, 0) is 24.6 Å². The summed E-state index contributed by atoms with van der Waals surface area (Å²) in [6, 6.07) is 11.8. The average molecular weight is 282 g/mol. The predicted molar refractivity (Wildman–Crippen MR) is 81.8 cm³/mol. The van der Waals surface area contributed by atoms with Crippen molar-refractivity contribution in [2.75, 3.05) is 18.6 Å². The number of aromatic nitrogens is 1. The third-order valence-corrected chi connectivity index (χ3v) is 3.78. The fourth-order valence-corrected chi connectivity index (χ4v) is 2.77. The summed E-state index contributed by atoms with van der Waals surface area (Å²) in [6.07, 6.45) is 3.20. The van der Waals surface area contributed by atoms with Gasteiger partial charge in [0.2, 0.25) is 5.88 Å². The Morgan fingerprint density at radius 2 is 2.10 bits per heavy atom. The standard InChI is InChI=1S/C17H18N2O2/c1-21-17-13(6-4-10-18-17)12-19-11-5-9-16(20)14-7-2-3-8-15(14)19/h2-4,6-8,10H,5,9,11-12H2,1H3. The average Bonchev–Trinajstić information content (AvgIpc) is 2.68. The number of ether oxygens (including phenoxy) is 1. The van der Waals surface area contributed by atoms with Gasteiger partial charge in [-0.1, -0.05) is 18.2 Å². The number of benzene rings is 1. The largest absolute Gasteiger partial charge is 0.481 e. The molecule has 2 aromatic rings. The molecule has 0 saturated heterocycles. The lowest BCUT2D eigenvalue weighted by atomic mass is 10.1. The highest BCUT2D eigenvalue weighted by molar-refractivity contribution is 6.01. The quantitative estimate of drug-likeness (QED) is 0.867. The maximum Gasteiger partial charge on any atom is 0.218 e. The molecule has 0 spiro atoms. The molecular weight excluding hydrogens is 264 g/mol. The van der Waals surface area contributed by atoms with Gasteiger partial charge in [0.25, 0.3) is 0 Å². The van der Waals surface area contributed by atoms with Crippen molar-refractivity contribution in [3.8, 4) is 5.88 Å². The van der Waals surface area contributed by atoms with E-state index in [1.165, 1.54) is 0 Å². The van der Waals surface area contributed by atoms with Crippen LogP contribution in [0.4, 0.5) is 5.69 Å². The van der Waals surface area contributed by atoms with Crippen LogP contribution < -0.4 is 9.64 Å². The molecule has 0 saturated carbocycles. The van der Waals surface area contributed by atoms with Crippen molar-refractivity contribution in [2.45, 2.75) is 19.4 Å². The molecule has 0 unspecified atom stereocenters. The van der Waals surface area contributed by atoms with Crippen LogP contribution in [0, 0.1) is 0 Å². The topological polar surface area (TPSA) is 42.4 Å². The minimum Gasteiger partial charge on any atom is -0.481 e. The van der Waals surface area contributed by atoms with Crippen molar-refractivity contribution in [1.29, 1.82) is 0 Å². The highest BCUT2D eigenvalue weighted by Crippen LogP contribution is 2.28. The molecule has 3 rings (SSSR count). The fraction of sp³-hybridized carbons (Fsp3) is 0.294. The summed E-state index contributed by atoms with van der Waals surface area (Å²) >= 11 is 0. The highest BCUT2D eigenvalue weighted by Gasteiger charge is 2.21. The highest BCUT2D eigenvalue weighted by atomic mass is 16.5. The molecule has 1 aliphatic rings. The Morgan fingerprint density at radius 1 is 1.24 bits per heavy atom. The lowest BCUT2D eigenvalue weighted by Crippen LogP contribution is -2.24. The second-order valence-corrected chi connectivity index (χ2v) is 5.14. The predicted octanol–water partition coefficient (Wildman–Crippen LogP) is 3.07. The molecule has 108 valence electrons. The van der Waals surface area contributed by atoms with Gasteiger partial charge >= 0.3 is 0 Å². The first-order chi connectivity index (χ1) is 10.3. The van der Waals surface area contributed by atoms with E-state index < -0.39 is 0 Å². The van der Waals surface area contributed by atoms with Crippen LogP contribution in [-0.4, -0.2) is 24.4 Å². The van der Waals surface area contributed by atoms with Crippen molar-refractivity contribution in [2.24, 2.45) is 0 Å². The van der Waals surface area contributed by atoms with Crippen molar-refractivity contribution in [3.63, 3.8) is 0 Å². The lowest BCUT2D eigenvalue weighted by Gasteiger charge is -2.25. The van der Waals surface area contributed by atoms with Crippen LogP contribution in [0.25, 0.3) is 0 Å². The number of fused-ring (bicyclic) bond motifs is 1. The summed E-state index contributed by atoms with van der Waals surface area (Å²) in [6.45, 7) is 1.56. The summed E-state index contributed by atoms with van der Waals surface area (Å²) in [4.78, 5) is 18.6. The number of carbonyl (C=O) groups excluding carboxylic acids is 1. The molecule has 0 fully saturated rings. The SMILES string of the molecule is COc1ncccc1CN1CCCC(=O)c2ccccc21. The summed E-state index contributed by atoms with van der Waals surface area (Å²) in [5, 5.41) is 0. The number of rotatable bonds is 3. The van der Waals surface area contributed by atoms with E-state index in [9.17, 15) is 4.79 Å². The van der Waals surface area contributed by atoms with Crippen LogP contribution in [-0.2, 0) is 6.54 Å². The van der Waals surface area contributed by atoms with Gasteiger partial charge < -0.3 is 9.64 Å². The van der Waals surface area contributed by atoms with Gasteiger partial charge in [-0.25, -0.2) is 4.98 Å². The molecule has 2 heterocycles. The van der Waals surface area contributed by atoms with Crippen molar-refractivity contribution in [1.82, 2.24) is 4.98 Å². The second kappa shape index (κ2) is 5.95. The smallest absolute Gasteiger partial charge is 0.218 e. The lowest BCUT2D eigenvalue weighted by molar-refractivity contribution is 0.0984. The Balaban J connectivity index is 1.95. The first-order valence-electron chi connectivity index (χ1n) is 7.14. The number of Topliss-reactive ketones (excluding diaryl/α,β-unsaturated/α-hetero) is 1. The fourth-order valence-electron chi connectivity index (χ4n) is 2.77. The molecule has 0 N–H and O–H groups in total. The van der Waals surface area contributed by atoms with E-state index in [1.807, 2.05) is 36.4 Å². The maximum atomic E-state index is 12.2. The molecule has 0 radical (unpaired) electrons. The molecule has 0 atom stereocenters. The number of nitrogens with zero attached hydrogens (tertiary/aromatic N) is 2. The number of para-hydroxylation sites is 1. The molecule has 1 aliphatic heterocycles. The van der Waals surface area contributed by atoms with E-state index >= 15 is 0 Å². The van der Waals surface area contributed by atoms with E-state index in [0.29, 0.717) is 18.8 Å². The monoisotopic (exact) mass is 282 g/mol. The molecule has 1 aromatic heterocycles. The summed E-state index contributed by atoms with van der Waals surface area (Å²) in [5.41, 5.74) is 2.85. The third-order valence-electron chi connectivity index (χ3n) is 3.78. The number of carbonyl (C=O) groups is 1. The molecule has 0 amide bonds. The van der Waals surface area contributed by atoms with Gasteiger partial charge in [0, 0.05) is 42.5 Å². The van der Waals surface area contributed by atoms with E-state index in [0.717, 1.165) is 29.8 Å². The van der Waals surface area contributed by atoms with Gasteiger partial charge in [-0.15, -0.1) is 0 Å². The van der Waals surface area contributed by atoms with Gasteiger partial charge in [0.15, 0.2) is 5.78 Å². The normalized spacial score (nSPS) is 14.5. The zero-order valence-corrected chi connectivity index (χ0v) is 12.1. The first kappa shape index (κ1) is 13.6. The van der Waals surface area contributed by atoms with Crippen molar-refractivity contribution >= 4 is 11.5 Å². The number of pyridine rings is 1. The molecule has 4 heteroatoms. The Morgan fingerprint density at radius 3 is 2.95 bits per heavy atom. The number of hydrogen-bond acceptors (Lipinski definition) is 4. The Kier molecular flexibility index (Phi) is 3.86. The van der Waals surface area contributed by atoms with Crippen LogP contribution in [0.2, 0.25) is 0 Å². The van der Waals surface area contributed by atoms with Crippen LogP contribution in [0.15, 0.2) is 42.6 Å². The van der Waals surface area contributed by atoms with Crippen molar-refractivity contribution in [3.05, 3.63) is 53.7 Å². The minimum absolute atomic E-state index is 0.228. The molecule has 0 aliphatic carbocycles. The first-order valence-corrected chi connectivity index (χ1v) is 7.14. The molecule has 1 aromatic carbocycles. The maximum absolute atomic E-state index is 12.2. The number of ketones is 1. The second-order valence-electron chi connectivity index (χ2n) is 5.14. The van der Waals surface area contributed by atoms with Crippen LogP contribution in [0.3, 0.4) is 0 Å². The number of methoxy groups -OCH3 is 1. The van der Waals surface area contributed by atoms with Crippen LogP contribution >= 0.6 is 0 Å². The summed E-state index contributed by atoms with van der Waals surface area (Å²) in [7, 11) is 1.63. The van der Waals surface area contributed by atoms with E-state index in [2.05, 4.69) is 9.88 Å². The molecule has 21 heavy (non-hydrogen) atoms. The zero-order chi connectivity index (χ0) is 14.7. The number of anilines is 1. The zero-order valence-electron chi connectivity index (χ0n) is 12.1. The van der Waals surface area contributed by atoms with Gasteiger partial charge in [-0.2, -0.15) is 0 Å². The van der Waals surface area contributed by atoms with Crippen LogP contribution in [0.5, 0.6) is 5.88 Å². The van der Waals surface area contributed by atoms with Crippen LogP contribution in [0.1, 0.15) is 28.8 Å². The van der Waals surface area contributed by atoms with Gasteiger partial charge in [0.05, 0.1) is 7.11 Å². The Labute approximate surface area is 124 Å².